The third kappa shape index (κ3) is 4.14. The summed E-state index contributed by atoms with van der Waals surface area (Å²) in [6.45, 7) is 3.34. The van der Waals surface area contributed by atoms with Gasteiger partial charge in [0.25, 0.3) is 11.8 Å². The normalized spacial score (nSPS) is 11.5. The van der Waals surface area contributed by atoms with Crippen molar-refractivity contribution < 1.29 is 22.4 Å². The molecule has 0 fully saturated rings. The second-order valence-corrected chi connectivity index (χ2v) is 8.64. The number of aryl methyl sites for hydroxylation is 2. The van der Waals surface area contributed by atoms with Gasteiger partial charge in [-0.25, -0.2) is 12.7 Å². The fourth-order valence-electron chi connectivity index (χ4n) is 2.15. The molecule has 0 spiro atoms. The highest BCUT2D eigenvalue weighted by molar-refractivity contribution is 9.10. The first-order valence-electron chi connectivity index (χ1n) is 7.44. The molecule has 0 saturated carbocycles. The molecular weight excluding hydrogens is 426 g/mol. The number of carbonyl (C=O) groups excluding carboxylic acids is 2. The summed E-state index contributed by atoms with van der Waals surface area (Å²) in [6, 6.07) is 5.68. The molecule has 0 unspecified atom stereocenters. The second-order valence-electron chi connectivity index (χ2n) is 5.67. The third-order valence-corrected chi connectivity index (χ3v) is 6.34. The Morgan fingerprint density at radius 3 is 2.23 bits per heavy atom. The van der Waals surface area contributed by atoms with Crippen molar-refractivity contribution in [2.45, 2.75) is 18.7 Å². The molecule has 0 aliphatic rings. The van der Waals surface area contributed by atoms with Gasteiger partial charge in [0.15, 0.2) is 0 Å². The highest BCUT2D eigenvalue weighted by atomic mass is 79.9. The van der Waals surface area contributed by atoms with Gasteiger partial charge in [0.05, 0.1) is 10.5 Å². The van der Waals surface area contributed by atoms with Crippen molar-refractivity contribution in [1.29, 1.82) is 0 Å². The van der Waals surface area contributed by atoms with E-state index >= 15 is 0 Å². The molecule has 1 heterocycles. The molecule has 2 N–H and O–H groups in total. The number of halogens is 1. The van der Waals surface area contributed by atoms with Crippen LogP contribution in [0.2, 0.25) is 0 Å². The number of nitrogens with zero attached hydrogens (tertiary/aromatic N) is 1. The van der Waals surface area contributed by atoms with E-state index in [0.717, 1.165) is 4.31 Å². The smallest absolute Gasteiger partial charge is 0.273 e. The lowest BCUT2D eigenvalue weighted by Gasteiger charge is -2.14. The number of nitrogens with one attached hydrogen (secondary N) is 2. The molecule has 0 aliphatic carbocycles. The van der Waals surface area contributed by atoms with Gasteiger partial charge in [-0.05, 0) is 54.0 Å². The predicted molar refractivity (Wildman–Crippen MR) is 98.1 cm³/mol. The quantitative estimate of drug-likeness (QED) is 0.702. The van der Waals surface area contributed by atoms with E-state index in [4.69, 9.17) is 4.42 Å². The fraction of sp³-hybridized carbons (Fsp3) is 0.250. The monoisotopic (exact) mass is 443 g/mol. The molecule has 0 atom stereocenters. The van der Waals surface area contributed by atoms with Crippen molar-refractivity contribution in [2.24, 2.45) is 0 Å². The fourth-order valence-corrected chi connectivity index (χ4v) is 3.99. The van der Waals surface area contributed by atoms with Gasteiger partial charge in [-0.1, -0.05) is 0 Å². The lowest BCUT2D eigenvalue weighted by molar-refractivity contribution is 0.0845. The molecule has 8 nitrogen and oxygen atoms in total. The Morgan fingerprint density at radius 1 is 1.08 bits per heavy atom. The Morgan fingerprint density at radius 2 is 1.69 bits per heavy atom. The minimum absolute atomic E-state index is 0.0530. The number of hydrogen-bond acceptors (Lipinski definition) is 5. The third-order valence-electron chi connectivity index (χ3n) is 3.53. The van der Waals surface area contributed by atoms with E-state index in [-0.39, 0.29) is 10.5 Å². The van der Waals surface area contributed by atoms with Crippen LogP contribution >= 0.6 is 15.9 Å². The van der Waals surface area contributed by atoms with Crippen LogP contribution in [0.4, 0.5) is 0 Å². The van der Waals surface area contributed by atoms with Crippen molar-refractivity contribution in [3.63, 3.8) is 0 Å². The van der Waals surface area contributed by atoms with Gasteiger partial charge in [-0.15, -0.1) is 0 Å². The Hall–Kier alpha value is -2.17. The van der Waals surface area contributed by atoms with E-state index in [2.05, 4.69) is 26.8 Å². The van der Waals surface area contributed by atoms with Crippen molar-refractivity contribution in [3.8, 4) is 0 Å². The van der Waals surface area contributed by atoms with E-state index < -0.39 is 21.8 Å². The molecule has 1 aromatic heterocycles. The van der Waals surface area contributed by atoms with Gasteiger partial charge in [-0.3, -0.25) is 20.4 Å². The molecule has 140 valence electrons. The van der Waals surface area contributed by atoms with Crippen LogP contribution in [-0.2, 0) is 10.0 Å². The van der Waals surface area contributed by atoms with Crippen LogP contribution in [-0.4, -0.2) is 38.6 Å². The molecule has 2 aromatic rings. The van der Waals surface area contributed by atoms with Crippen molar-refractivity contribution in [2.75, 3.05) is 14.1 Å². The Kier molecular flexibility index (Phi) is 5.89. The molecule has 0 bridgehead atoms. The summed E-state index contributed by atoms with van der Waals surface area (Å²) in [5, 5.41) is 0. The van der Waals surface area contributed by atoms with Crippen LogP contribution < -0.4 is 10.9 Å². The average Bonchev–Trinajstić information content (AvgIpc) is 2.90. The number of benzene rings is 1. The van der Waals surface area contributed by atoms with Crippen LogP contribution in [0.15, 0.2) is 38.1 Å². The number of hydrogen-bond donors (Lipinski definition) is 2. The first-order valence-corrected chi connectivity index (χ1v) is 9.67. The molecule has 2 amide bonds. The largest absolute Gasteiger partial charge is 0.466 e. The number of amides is 2. The maximum Gasteiger partial charge on any atom is 0.273 e. The predicted octanol–water partition coefficient (Wildman–Crippen LogP) is 1.98. The first kappa shape index (κ1) is 20.1. The number of carbonyl (C=O) groups is 2. The van der Waals surface area contributed by atoms with Crippen LogP contribution in [0.1, 0.15) is 32.2 Å². The van der Waals surface area contributed by atoms with Crippen molar-refractivity contribution in [3.05, 3.63) is 51.4 Å². The van der Waals surface area contributed by atoms with E-state index in [1.165, 1.54) is 32.3 Å². The highest BCUT2D eigenvalue weighted by Crippen LogP contribution is 2.25. The molecular formula is C16H18BrN3O5S. The first-order chi connectivity index (χ1) is 12.0. The minimum atomic E-state index is -3.73. The zero-order valence-electron chi connectivity index (χ0n) is 14.6. The Labute approximate surface area is 159 Å². The Bertz CT molecular complexity index is 966. The van der Waals surface area contributed by atoms with Gasteiger partial charge in [0, 0.05) is 24.1 Å². The standard InChI is InChI=1S/C16H18BrN3O5S/c1-9-7-12(10(2)25-9)16(22)19-18-15(21)11-5-6-13(17)14(8-11)26(23,24)20(3)4/h5-8H,1-4H3,(H,18,21)(H,19,22). The minimum Gasteiger partial charge on any atom is -0.466 e. The summed E-state index contributed by atoms with van der Waals surface area (Å²) in [4.78, 5) is 24.3. The average molecular weight is 444 g/mol. The molecule has 2 rings (SSSR count). The molecule has 0 radical (unpaired) electrons. The van der Waals surface area contributed by atoms with E-state index in [0.29, 0.717) is 21.6 Å². The summed E-state index contributed by atoms with van der Waals surface area (Å²) in [5.74, 6) is -0.187. The van der Waals surface area contributed by atoms with Crippen LogP contribution in [0.5, 0.6) is 0 Å². The van der Waals surface area contributed by atoms with E-state index in [9.17, 15) is 18.0 Å². The molecule has 0 saturated heterocycles. The lowest BCUT2D eigenvalue weighted by atomic mass is 10.2. The summed E-state index contributed by atoms with van der Waals surface area (Å²) in [7, 11) is -0.948. The summed E-state index contributed by atoms with van der Waals surface area (Å²) in [5.41, 5.74) is 4.91. The van der Waals surface area contributed by atoms with Crippen molar-refractivity contribution in [1.82, 2.24) is 15.2 Å². The van der Waals surface area contributed by atoms with Gasteiger partial charge in [0.2, 0.25) is 10.0 Å². The molecule has 0 aliphatic heterocycles. The van der Waals surface area contributed by atoms with Gasteiger partial charge >= 0.3 is 0 Å². The molecule has 1 aromatic carbocycles. The summed E-state index contributed by atoms with van der Waals surface area (Å²) >= 11 is 3.17. The lowest BCUT2D eigenvalue weighted by Crippen LogP contribution is -2.41. The van der Waals surface area contributed by atoms with Gasteiger partial charge in [-0.2, -0.15) is 0 Å². The Balaban J connectivity index is 2.18. The van der Waals surface area contributed by atoms with Crippen LogP contribution in [0, 0.1) is 13.8 Å². The molecule has 10 heteroatoms. The number of furan rings is 1. The van der Waals surface area contributed by atoms with E-state index in [1.54, 1.807) is 19.9 Å². The van der Waals surface area contributed by atoms with Gasteiger partial charge in [0.1, 0.15) is 11.5 Å². The second kappa shape index (κ2) is 7.60. The molecule has 26 heavy (non-hydrogen) atoms. The summed E-state index contributed by atoms with van der Waals surface area (Å²) in [6.07, 6.45) is 0. The van der Waals surface area contributed by atoms with Gasteiger partial charge < -0.3 is 4.42 Å². The maximum absolute atomic E-state index is 12.3. The zero-order chi connectivity index (χ0) is 19.6. The SMILES string of the molecule is Cc1cc(C(=O)NNC(=O)c2ccc(Br)c(S(=O)(=O)N(C)C)c2)c(C)o1. The number of rotatable bonds is 4. The highest BCUT2D eigenvalue weighted by Gasteiger charge is 2.22. The van der Waals surface area contributed by atoms with Crippen molar-refractivity contribution >= 4 is 37.8 Å². The summed E-state index contributed by atoms with van der Waals surface area (Å²) < 4.78 is 31.2. The number of hydrazine groups is 1. The zero-order valence-corrected chi connectivity index (χ0v) is 17.0. The van der Waals surface area contributed by atoms with Crippen LogP contribution in [0.3, 0.4) is 0 Å². The van der Waals surface area contributed by atoms with E-state index in [1.807, 2.05) is 0 Å². The van der Waals surface area contributed by atoms with Crippen LogP contribution in [0.25, 0.3) is 0 Å². The number of sulfonamides is 1. The maximum atomic E-state index is 12.3. The topological polar surface area (TPSA) is 109 Å².